The molecule has 1 unspecified atom stereocenters. The zero-order valence-electron chi connectivity index (χ0n) is 12.9. The molecule has 7 heteroatoms. The van der Waals surface area contributed by atoms with E-state index in [-0.39, 0.29) is 25.9 Å². The average molecular weight is 322 g/mol. The summed E-state index contributed by atoms with van der Waals surface area (Å²) in [6, 6.07) is 5.21. The third-order valence-electron chi connectivity index (χ3n) is 4.23. The van der Waals surface area contributed by atoms with Gasteiger partial charge in [0.1, 0.15) is 18.5 Å². The van der Waals surface area contributed by atoms with Crippen LogP contribution < -0.4 is 25.3 Å². The van der Waals surface area contributed by atoms with Gasteiger partial charge in [-0.05, 0) is 25.0 Å². The molecule has 1 fully saturated rings. The molecular formula is C16H22N2O5. The van der Waals surface area contributed by atoms with E-state index in [1.165, 1.54) is 0 Å². The first kappa shape index (κ1) is 15.9. The summed E-state index contributed by atoms with van der Waals surface area (Å²) >= 11 is 0. The first-order valence-corrected chi connectivity index (χ1v) is 7.84. The van der Waals surface area contributed by atoms with E-state index in [1.807, 2.05) is 0 Å². The molecule has 7 nitrogen and oxygen atoms in total. The van der Waals surface area contributed by atoms with Crippen molar-refractivity contribution in [3.63, 3.8) is 0 Å². The van der Waals surface area contributed by atoms with Gasteiger partial charge in [-0.1, -0.05) is 12.8 Å². The van der Waals surface area contributed by atoms with Crippen molar-refractivity contribution >= 4 is 5.91 Å². The van der Waals surface area contributed by atoms with Gasteiger partial charge in [0.15, 0.2) is 11.5 Å². The predicted octanol–water partition coefficient (Wildman–Crippen LogP) is 0.543. The van der Waals surface area contributed by atoms with Crippen molar-refractivity contribution < 1.29 is 24.1 Å². The minimum absolute atomic E-state index is 0.0670. The number of nitrogens with one attached hydrogen (secondary N) is 1. The molecule has 0 spiro atoms. The standard InChI is InChI=1S/C16H22N2O5/c17-16(5-1-2-6-16)15(20)18-8-11(19)9-21-12-3-4-13-14(7-12)23-10-22-13/h3-4,7,11,19H,1-2,5-6,8-10,17H2,(H,18,20). The van der Waals surface area contributed by atoms with Crippen LogP contribution >= 0.6 is 0 Å². The van der Waals surface area contributed by atoms with Crippen LogP contribution in [0.15, 0.2) is 18.2 Å². The van der Waals surface area contributed by atoms with Gasteiger partial charge in [0.25, 0.3) is 0 Å². The fraction of sp³-hybridized carbons (Fsp3) is 0.562. The van der Waals surface area contributed by atoms with Gasteiger partial charge in [0, 0.05) is 12.6 Å². The quantitative estimate of drug-likeness (QED) is 0.706. The van der Waals surface area contributed by atoms with Crippen LogP contribution in [-0.4, -0.2) is 42.6 Å². The molecule has 3 rings (SSSR count). The monoisotopic (exact) mass is 322 g/mol. The number of rotatable bonds is 6. The third-order valence-corrected chi connectivity index (χ3v) is 4.23. The van der Waals surface area contributed by atoms with E-state index >= 15 is 0 Å². The van der Waals surface area contributed by atoms with Crippen molar-refractivity contribution in [2.45, 2.75) is 37.3 Å². The molecule has 126 valence electrons. The lowest BCUT2D eigenvalue weighted by molar-refractivity contribution is -0.126. The number of hydrogen-bond donors (Lipinski definition) is 3. The molecular weight excluding hydrogens is 300 g/mol. The SMILES string of the molecule is NC1(C(=O)NCC(O)COc2ccc3c(c2)OCO3)CCCC1. The lowest BCUT2D eigenvalue weighted by Gasteiger charge is -2.23. The van der Waals surface area contributed by atoms with Crippen LogP contribution in [0.4, 0.5) is 0 Å². The molecule has 0 aromatic heterocycles. The Hall–Kier alpha value is -1.99. The lowest BCUT2D eigenvalue weighted by Crippen LogP contribution is -2.53. The molecule has 23 heavy (non-hydrogen) atoms. The maximum absolute atomic E-state index is 12.1. The summed E-state index contributed by atoms with van der Waals surface area (Å²) in [5, 5.41) is 12.6. The summed E-state index contributed by atoms with van der Waals surface area (Å²) in [6.45, 7) is 0.383. The molecule has 0 bridgehead atoms. The molecule has 1 heterocycles. The Morgan fingerprint density at radius 3 is 2.87 bits per heavy atom. The number of aliphatic hydroxyl groups excluding tert-OH is 1. The Bertz CT molecular complexity index is 572. The van der Waals surface area contributed by atoms with Gasteiger partial charge in [-0.15, -0.1) is 0 Å². The van der Waals surface area contributed by atoms with Crippen molar-refractivity contribution in [2.75, 3.05) is 19.9 Å². The highest BCUT2D eigenvalue weighted by Gasteiger charge is 2.36. The van der Waals surface area contributed by atoms with Crippen LogP contribution in [0.3, 0.4) is 0 Å². The van der Waals surface area contributed by atoms with Crippen molar-refractivity contribution in [3.8, 4) is 17.2 Å². The molecule has 0 radical (unpaired) electrons. The third kappa shape index (κ3) is 3.68. The number of benzene rings is 1. The van der Waals surface area contributed by atoms with Crippen LogP contribution in [0, 0.1) is 0 Å². The van der Waals surface area contributed by atoms with Crippen LogP contribution in [0.5, 0.6) is 17.2 Å². The minimum Gasteiger partial charge on any atom is -0.491 e. The van der Waals surface area contributed by atoms with Gasteiger partial charge in [0.05, 0.1) is 5.54 Å². The molecule has 0 saturated heterocycles. The van der Waals surface area contributed by atoms with Gasteiger partial charge in [-0.3, -0.25) is 4.79 Å². The van der Waals surface area contributed by atoms with Gasteiger partial charge >= 0.3 is 0 Å². The van der Waals surface area contributed by atoms with E-state index in [2.05, 4.69) is 5.32 Å². The van der Waals surface area contributed by atoms with E-state index in [9.17, 15) is 9.90 Å². The number of amides is 1. The van der Waals surface area contributed by atoms with Gasteiger partial charge in [0.2, 0.25) is 12.7 Å². The number of carbonyl (C=O) groups is 1. The molecule has 4 N–H and O–H groups in total. The summed E-state index contributed by atoms with van der Waals surface area (Å²) in [7, 11) is 0. The summed E-state index contributed by atoms with van der Waals surface area (Å²) in [4.78, 5) is 12.1. The normalized spacial score (nSPS) is 19.4. The number of nitrogens with two attached hydrogens (primary N) is 1. The number of hydrogen-bond acceptors (Lipinski definition) is 6. The second-order valence-electron chi connectivity index (χ2n) is 6.05. The Morgan fingerprint density at radius 2 is 2.09 bits per heavy atom. The fourth-order valence-electron chi connectivity index (χ4n) is 2.84. The Balaban J connectivity index is 1.43. The highest BCUT2D eigenvalue weighted by atomic mass is 16.7. The van der Waals surface area contributed by atoms with Crippen molar-refractivity contribution in [1.82, 2.24) is 5.32 Å². The summed E-state index contributed by atoms with van der Waals surface area (Å²) in [6.07, 6.45) is 2.53. The second-order valence-corrected chi connectivity index (χ2v) is 6.05. The topological polar surface area (TPSA) is 103 Å². The maximum atomic E-state index is 12.1. The second kappa shape index (κ2) is 6.64. The van der Waals surface area contributed by atoms with Crippen LogP contribution in [0.2, 0.25) is 0 Å². The predicted molar refractivity (Wildman–Crippen MR) is 82.5 cm³/mol. The van der Waals surface area contributed by atoms with Crippen molar-refractivity contribution in [1.29, 1.82) is 0 Å². The van der Waals surface area contributed by atoms with Crippen LogP contribution in [-0.2, 0) is 4.79 Å². The number of carbonyl (C=O) groups excluding carboxylic acids is 1. The van der Waals surface area contributed by atoms with Crippen molar-refractivity contribution in [3.05, 3.63) is 18.2 Å². The Morgan fingerprint density at radius 1 is 1.35 bits per heavy atom. The summed E-state index contributed by atoms with van der Waals surface area (Å²) < 4.78 is 16.0. The van der Waals surface area contributed by atoms with E-state index < -0.39 is 11.6 Å². The lowest BCUT2D eigenvalue weighted by atomic mass is 9.98. The van der Waals surface area contributed by atoms with Gasteiger partial charge < -0.3 is 30.4 Å². The number of aliphatic hydroxyl groups is 1. The van der Waals surface area contributed by atoms with E-state index in [4.69, 9.17) is 19.9 Å². The summed E-state index contributed by atoms with van der Waals surface area (Å²) in [5.41, 5.74) is 5.28. The molecule has 1 aromatic carbocycles. The number of fused-ring (bicyclic) bond motifs is 1. The van der Waals surface area contributed by atoms with E-state index in [0.717, 1.165) is 12.8 Å². The summed E-state index contributed by atoms with van der Waals surface area (Å²) in [5.74, 6) is 1.68. The van der Waals surface area contributed by atoms with Gasteiger partial charge in [-0.25, -0.2) is 0 Å². The zero-order valence-corrected chi connectivity index (χ0v) is 12.9. The van der Waals surface area contributed by atoms with Crippen LogP contribution in [0.1, 0.15) is 25.7 Å². The average Bonchev–Trinajstić information content (AvgIpc) is 3.19. The Kier molecular flexibility index (Phi) is 4.58. The smallest absolute Gasteiger partial charge is 0.240 e. The minimum atomic E-state index is -0.811. The highest BCUT2D eigenvalue weighted by Crippen LogP contribution is 2.35. The molecule has 1 aliphatic heterocycles. The first-order chi connectivity index (χ1) is 11.1. The Labute approximate surface area is 134 Å². The highest BCUT2D eigenvalue weighted by molar-refractivity contribution is 5.86. The fourth-order valence-corrected chi connectivity index (χ4v) is 2.84. The van der Waals surface area contributed by atoms with Crippen molar-refractivity contribution in [2.24, 2.45) is 5.73 Å². The first-order valence-electron chi connectivity index (χ1n) is 7.84. The molecule has 1 aromatic rings. The number of ether oxygens (including phenoxy) is 3. The molecule has 1 aliphatic carbocycles. The van der Waals surface area contributed by atoms with Gasteiger partial charge in [-0.2, -0.15) is 0 Å². The molecule has 2 aliphatic rings. The molecule has 1 amide bonds. The van der Waals surface area contributed by atoms with Crippen LogP contribution in [0.25, 0.3) is 0 Å². The molecule has 1 atom stereocenters. The maximum Gasteiger partial charge on any atom is 0.240 e. The largest absolute Gasteiger partial charge is 0.491 e. The molecule has 1 saturated carbocycles. The van der Waals surface area contributed by atoms with E-state index in [1.54, 1.807) is 18.2 Å². The van der Waals surface area contributed by atoms with E-state index in [0.29, 0.717) is 30.1 Å². The zero-order chi connectivity index (χ0) is 16.3.